The van der Waals surface area contributed by atoms with E-state index >= 15 is 0 Å². The first kappa shape index (κ1) is 11.2. The van der Waals surface area contributed by atoms with Gasteiger partial charge in [-0.3, -0.25) is 0 Å². The highest BCUT2D eigenvalue weighted by molar-refractivity contribution is 5.30. The molecule has 2 N–H and O–H groups in total. The summed E-state index contributed by atoms with van der Waals surface area (Å²) in [6.07, 6.45) is 3.65. The van der Waals surface area contributed by atoms with Crippen molar-refractivity contribution in [2.45, 2.75) is 37.1 Å². The van der Waals surface area contributed by atoms with Gasteiger partial charge in [0.1, 0.15) is 0 Å². The summed E-state index contributed by atoms with van der Waals surface area (Å²) in [5.74, 6) is 1.47. The molecule has 2 fully saturated rings. The predicted octanol–water partition coefficient (Wildman–Crippen LogP) is 2.31. The SMILES string of the molecule is CN1CCC(c2ccc(C3CC(N)C3)cc2)C1. The van der Waals surface area contributed by atoms with Gasteiger partial charge >= 0.3 is 0 Å². The molecule has 1 saturated carbocycles. The van der Waals surface area contributed by atoms with Gasteiger partial charge in [-0.1, -0.05) is 24.3 Å². The molecule has 1 saturated heterocycles. The highest BCUT2D eigenvalue weighted by Gasteiger charge is 2.27. The predicted molar refractivity (Wildman–Crippen MR) is 71.2 cm³/mol. The molecule has 2 aliphatic rings. The van der Waals surface area contributed by atoms with Crippen molar-refractivity contribution < 1.29 is 0 Å². The monoisotopic (exact) mass is 230 g/mol. The van der Waals surface area contributed by atoms with Crippen LogP contribution in [0.3, 0.4) is 0 Å². The van der Waals surface area contributed by atoms with E-state index in [9.17, 15) is 0 Å². The molecule has 1 aromatic rings. The molecular formula is C15H22N2. The highest BCUT2D eigenvalue weighted by Crippen LogP contribution is 2.36. The minimum atomic E-state index is 0.447. The summed E-state index contributed by atoms with van der Waals surface area (Å²) < 4.78 is 0. The van der Waals surface area contributed by atoms with Crippen LogP contribution in [0.4, 0.5) is 0 Å². The van der Waals surface area contributed by atoms with E-state index in [4.69, 9.17) is 5.73 Å². The van der Waals surface area contributed by atoms with E-state index in [1.165, 1.54) is 43.5 Å². The lowest BCUT2D eigenvalue weighted by Gasteiger charge is -2.33. The van der Waals surface area contributed by atoms with Crippen molar-refractivity contribution in [2.24, 2.45) is 5.73 Å². The molecule has 0 radical (unpaired) electrons. The molecule has 0 aromatic heterocycles. The van der Waals surface area contributed by atoms with Crippen LogP contribution in [-0.4, -0.2) is 31.1 Å². The molecule has 17 heavy (non-hydrogen) atoms. The smallest absolute Gasteiger partial charge is 0.00504 e. The summed E-state index contributed by atoms with van der Waals surface area (Å²) in [6.45, 7) is 2.46. The van der Waals surface area contributed by atoms with Crippen molar-refractivity contribution in [3.8, 4) is 0 Å². The van der Waals surface area contributed by atoms with Gasteiger partial charge in [-0.15, -0.1) is 0 Å². The molecule has 1 aromatic carbocycles. The molecule has 0 amide bonds. The van der Waals surface area contributed by atoms with Gasteiger partial charge in [0.05, 0.1) is 0 Å². The summed E-state index contributed by atoms with van der Waals surface area (Å²) in [6, 6.07) is 9.77. The molecule has 1 atom stereocenters. The molecule has 0 spiro atoms. The van der Waals surface area contributed by atoms with Crippen LogP contribution in [0, 0.1) is 0 Å². The van der Waals surface area contributed by atoms with Gasteiger partial charge in [-0.05, 0) is 55.8 Å². The van der Waals surface area contributed by atoms with Crippen LogP contribution in [0.5, 0.6) is 0 Å². The van der Waals surface area contributed by atoms with E-state index in [2.05, 4.69) is 36.2 Å². The van der Waals surface area contributed by atoms with Gasteiger partial charge in [0, 0.05) is 12.6 Å². The molecule has 2 heteroatoms. The third-order valence-corrected chi connectivity index (χ3v) is 4.45. The molecule has 1 aliphatic carbocycles. The van der Waals surface area contributed by atoms with E-state index in [1.54, 1.807) is 0 Å². The molecule has 1 unspecified atom stereocenters. The fraction of sp³-hybridized carbons (Fsp3) is 0.600. The lowest BCUT2D eigenvalue weighted by molar-refractivity contribution is 0.351. The topological polar surface area (TPSA) is 29.3 Å². The number of likely N-dealkylation sites (tertiary alicyclic amines) is 1. The molecule has 1 heterocycles. The molecular weight excluding hydrogens is 208 g/mol. The molecule has 0 bridgehead atoms. The molecule has 3 rings (SSSR count). The second-order valence-electron chi connectivity index (χ2n) is 5.84. The zero-order chi connectivity index (χ0) is 11.8. The van der Waals surface area contributed by atoms with E-state index in [0.29, 0.717) is 6.04 Å². The average molecular weight is 230 g/mol. The second-order valence-corrected chi connectivity index (χ2v) is 5.84. The Bertz CT molecular complexity index is 378. The Labute approximate surface area is 104 Å². The Hall–Kier alpha value is -0.860. The number of hydrogen-bond acceptors (Lipinski definition) is 2. The first-order chi connectivity index (χ1) is 8.22. The Balaban J connectivity index is 1.68. The van der Waals surface area contributed by atoms with Crippen molar-refractivity contribution in [2.75, 3.05) is 20.1 Å². The van der Waals surface area contributed by atoms with Crippen LogP contribution in [0.15, 0.2) is 24.3 Å². The zero-order valence-electron chi connectivity index (χ0n) is 10.6. The lowest BCUT2D eigenvalue weighted by Crippen LogP contribution is -2.34. The summed E-state index contributed by atoms with van der Waals surface area (Å²) in [5, 5.41) is 0. The van der Waals surface area contributed by atoms with Crippen LogP contribution < -0.4 is 5.73 Å². The summed E-state index contributed by atoms with van der Waals surface area (Å²) >= 11 is 0. The number of likely N-dealkylation sites (N-methyl/N-ethyl adjacent to an activating group) is 1. The quantitative estimate of drug-likeness (QED) is 0.845. The molecule has 2 nitrogen and oxygen atoms in total. The summed E-state index contributed by atoms with van der Waals surface area (Å²) in [4.78, 5) is 2.42. The minimum absolute atomic E-state index is 0.447. The van der Waals surface area contributed by atoms with Gasteiger partial charge in [-0.2, -0.15) is 0 Å². The fourth-order valence-corrected chi connectivity index (χ4v) is 3.18. The lowest BCUT2D eigenvalue weighted by atomic mass is 9.76. The zero-order valence-corrected chi connectivity index (χ0v) is 10.6. The number of nitrogens with zero attached hydrogens (tertiary/aromatic N) is 1. The first-order valence-electron chi connectivity index (χ1n) is 6.76. The fourth-order valence-electron chi connectivity index (χ4n) is 3.18. The number of benzene rings is 1. The van der Waals surface area contributed by atoms with Gasteiger partial charge in [0.25, 0.3) is 0 Å². The van der Waals surface area contributed by atoms with Crippen LogP contribution >= 0.6 is 0 Å². The van der Waals surface area contributed by atoms with Crippen LogP contribution in [0.2, 0.25) is 0 Å². The van der Waals surface area contributed by atoms with Crippen molar-refractivity contribution in [3.63, 3.8) is 0 Å². The van der Waals surface area contributed by atoms with Crippen molar-refractivity contribution in [1.29, 1.82) is 0 Å². The van der Waals surface area contributed by atoms with E-state index in [0.717, 1.165) is 11.8 Å². The van der Waals surface area contributed by atoms with Crippen molar-refractivity contribution in [1.82, 2.24) is 4.90 Å². The number of hydrogen-bond donors (Lipinski definition) is 1. The third-order valence-electron chi connectivity index (χ3n) is 4.45. The maximum absolute atomic E-state index is 5.85. The Morgan fingerprint density at radius 2 is 1.65 bits per heavy atom. The van der Waals surface area contributed by atoms with Gasteiger partial charge in [-0.25, -0.2) is 0 Å². The van der Waals surface area contributed by atoms with E-state index in [-0.39, 0.29) is 0 Å². The largest absolute Gasteiger partial charge is 0.328 e. The van der Waals surface area contributed by atoms with Crippen LogP contribution in [-0.2, 0) is 0 Å². The van der Waals surface area contributed by atoms with Crippen LogP contribution in [0.25, 0.3) is 0 Å². The number of nitrogens with two attached hydrogens (primary N) is 1. The van der Waals surface area contributed by atoms with Gasteiger partial charge in [0.15, 0.2) is 0 Å². The number of rotatable bonds is 2. The Morgan fingerprint density at radius 1 is 1.06 bits per heavy atom. The molecule has 1 aliphatic heterocycles. The van der Waals surface area contributed by atoms with Crippen molar-refractivity contribution >= 4 is 0 Å². The third kappa shape index (κ3) is 2.24. The van der Waals surface area contributed by atoms with E-state index < -0.39 is 0 Å². The summed E-state index contributed by atoms with van der Waals surface area (Å²) in [7, 11) is 2.21. The van der Waals surface area contributed by atoms with Gasteiger partial charge in [0.2, 0.25) is 0 Å². The normalized spacial score (nSPS) is 33.6. The Kier molecular flexibility index (Phi) is 2.93. The average Bonchev–Trinajstić information content (AvgIpc) is 2.72. The van der Waals surface area contributed by atoms with Crippen molar-refractivity contribution in [3.05, 3.63) is 35.4 Å². The van der Waals surface area contributed by atoms with Crippen LogP contribution in [0.1, 0.15) is 42.2 Å². The maximum Gasteiger partial charge on any atom is 0.00504 e. The first-order valence-corrected chi connectivity index (χ1v) is 6.76. The minimum Gasteiger partial charge on any atom is -0.328 e. The second kappa shape index (κ2) is 4.43. The van der Waals surface area contributed by atoms with Gasteiger partial charge < -0.3 is 10.6 Å². The Morgan fingerprint density at radius 3 is 2.12 bits per heavy atom. The van der Waals surface area contributed by atoms with E-state index in [1.807, 2.05) is 0 Å². The maximum atomic E-state index is 5.85. The highest BCUT2D eigenvalue weighted by atomic mass is 15.1. The molecule has 92 valence electrons. The standard InChI is InChI=1S/C15H22N2/c1-17-7-6-13(10-17)11-2-4-12(5-3-11)14-8-15(16)9-14/h2-5,13-15H,6-10,16H2,1H3. The summed E-state index contributed by atoms with van der Waals surface area (Å²) in [5.41, 5.74) is 8.85.